The van der Waals surface area contributed by atoms with Gasteiger partial charge in [0.05, 0.1) is 19.8 Å². The molecule has 0 saturated carbocycles. The van der Waals surface area contributed by atoms with Gasteiger partial charge < -0.3 is 28.4 Å². The number of carbonyl (C=O) groups is 1. The maximum atomic E-state index is 11.2. The molecule has 4 atom stereocenters. The van der Waals surface area contributed by atoms with Gasteiger partial charge in [0, 0.05) is 14.0 Å². The van der Waals surface area contributed by atoms with Gasteiger partial charge in [-0.25, -0.2) is 0 Å². The predicted molar refractivity (Wildman–Crippen MR) is 60.2 cm³/mol. The van der Waals surface area contributed by atoms with Crippen molar-refractivity contribution in [3.8, 4) is 0 Å². The zero-order chi connectivity index (χ0) is 13.5. The van der Waals surface area contributed by atoms with E-state index in [9.17, 15) is 4.79 Å². The number of hydrogen-bond acceptors (Lipinski definition) is 7. The van der Waals surface area contributed by atoms with Crippen molar-refractivity contribution in [1.82, 2.24) is 0 Å². The first-order valence-electron chi connectivity index (χ1n) is 6.42. The SMILES string of the molecule is COC1C(OC(C)=O)C2COC1(C1OCCCO1)O2. The van der Waals surface area contributed by atoms with E-state index in [1.54, 1.807) is 0 Å². The van der Waals surface area contributed by atoms with Gasteiger partial charge in [0.1, 0.15) is 6.10 Å². The van der Waals surface area contributed by atoms with Crippen LogP contribution >= 0.6 is 0 Å². The first kappa shape index (κ1) is 13.3. The van der Waals surface area contributed by atoms with E-state index in [2.05, 4.69) is 0 Å². The van der Waals surface area contributed by atoms with Crippen molar-refractivity contribution in [3.63, 3.8) is 0 Å². The second-order valence-corrected chi connectivity index (χ2v) is 4.85. The molecule has 3 aliphatic rings. The summed E-state index contributed by atoms with van der Waals surface area (Å²) in [6.07, 6.45) is -1.22. The Labute approximate surface area is 111 Å². The highest BCUT2D eigenvalue weighted by Gasteiger charge is 2.68. The Morgan fingerprint density at radius 1 is 1.32 bits per heavy atom. The molecule has 3 heterocycles. The smallest absolute Gasteiger partial charge is 0.303 e. The van der Waals surface area contributed by atoms with Gasteiger partial charge in [0.25, 0.3) is 5.79 Å². The third-order valence-corrected chi connectivity index (χ3v) is 3.58. The third kappa shape index (κ3) is 2.05. The number of carbonyl (C=O) groups excluding carboxylic acids is 1. The second kappa shape index (κ2) is 4.99. The van der Waals surface area contributed by atoms with Crippen molar-refractivity contribution >= 4 is 5.97 Å². The number of methoxy groups -OCH3 is 1. The minimum absolute atomic E-state index is 0.334. The Kier molecular flexibility index (Phi) is 3.48. The maximum absolute atomic E-state index is 11.2. The lowest BCUT2D eigenvalue weighted by Gasteiger charge is -2.40. The summed E-state index contributed by atoms with van der Waals surface area (Å²) < 4.78 is 33.4. The maximum Gasteiger partial charge on any atom is 0.303 e. The van der Waals surface area contributed by atoms with Crippen LogP contribution in [0.2, 0.25) is 0 Å². The van der Waals surface area contributed by atoms with Gasteiger partial charge in [-0.2, -0.15) is 0 Å². The van der Waals surface area contributed by atoms with Gasteiger partial charge in [-0.15, -0.1) is 0 Å². The molecule has 0 spiro atoms. The molecule has 2 bridgehead atoms. The van der Waals surface area contributed by atoms with Crippen molar-refractivity contribution in [2.24, 2.45) is 0 Å². The van der Waals surface area contributed by atoms with Gasteiger partial charge in [0.2, 0.25) is 6.29 Å². The van der Waals surface area contributed by atoms with E-state index < -0.39 is 24.3 Å². The van der Waals surface area contributed by atoms with Gasteiger partial charge in [-0.05, 0) is 6.42 Å². The van der Waals surface area contributed by atoms with Crippen LogP contribution in [0.5, 0.6) is 0 Å². The highest BCUT2D eigenvalue weighted by Crippen LogP contribution is 2.45. The van der Waals surface area contributed by atoms with E-state index in [0.29, 0.717) is 19.8 Å². The Bertz CT molecular complexity index is 354. The summed E-state index contributed by atoms with van der Waals surface area (Å²) in [7, 11) is 1.53. The van der Waals surface area contributed by atoms with Crippen molar-refractivity contribution in [2.45, 2.75) is 43.7 Å². The first-order chi connectivity index (χ1) is 9.17. The lowest BCUT2D eigenvalue weighted by Crippen LogP contribution is -2.59. The Balaban J connectivity index is 1.82. The van der Waals surface area contributed by atoms with E-state index in [0.717, 1.165) is 6.42 Å². The molecule has 108 valence electrons. The van der Waals surface area contributed by atoms with Gasteiger partial charge in [-0.3, -0.25) is 4.79 Å². The summed E-state index contributed by atoms with van der Waals surface area (Å²) in [5.74, 6) is -1.51. The molecule has 0 N–H and O–H groups in total. The summed E-state index contributed by atoms with van der Waals surface area (Å²) in [5, 5.41) is 0. The summed E-state index contributed by atoms with van der Waals surface area (Å²) in [5.41, 5.74) is 0. The van der Waals surface area contributed by atoms with E-state index in [1.807, 2.05) is 0 Å². The first-order valence-corrected chi connectivity index (χ1v) is 6.42. The van der Waals surface area contributed by atoms with Gasteiger partial charge in [-0.1, -0.05) is 0 Å². The Morgan fingerprint density at radius 2 is 2.05 bits per heavy atom. The molecule has 0 amide bonds. The van der Waals surface area contributed by atoms with E-state index >= 15 is 0 Å². The average molecular weight is 274 g/mol. The molecule has 0 aliphatic carbocycles. The molecule has 0 aromatic heterocycles. The van der Waals surface area contributed by atoms with Crippen molar-refractivity contribution < 1.29 is 33.2 Å². The van der Waals surface area contributed by atoms with Crippen LogP contribution in [0.15, 0.2) is 0 Å². The molecular formula is C12H18O7. The fourth-order valence-corrected chi connectivity index (χ4v) is 2.86. The fourth-order valence-electron chi connectivity index (χ4n) is 2.86. The molecule has 19 heavy (non-hydrogen) atoms. The number of fused-ring (bicyclic) bond motifs is 2. The number of ether oxygens (including phenoxy) is 6. The molecule has 0 aromatic rings. The zero-order valence-corrected chi connectivity index (χ0v) is 11.0. The number of esters is 1. The normalized spacial score (nSPS) is 42.5. The van der Waals surface area contributed by atoms with Crippen LogP contribution in [0, 0.1) is 0 Å². The van der Waals surface area contributed by atoms with Gasteiger partial charge >= 0.3 is 5.97 Å². The Hall–Kier alpha value is -0.730. The summed E-state index contributed by atoms with van der Waals surface area (Å²) in [6, 6.07) is 0. The highest BCUT2D eigenvalue weighted by atomic mass is 16.8. The number of hydrogen-bond donors (Lipinski definition) is 0. The molecule has 3 rings (SSSR count). The van der Waals surface area contributed by atoms with E-state index in [1.165, 1.54) is 14.0 Å². The molecule has 7 nitrogen and oxygen atoms in total. The van der Waals surface area contributed by atoms with Crippen LogP contribution in [0.1, 0.15) is 13.3 Å². The van der Waals surface area contributed by atoms with Crippen LogP contribution in [-0.2, 0) is 33.2 Å². The largest absolute Gasteiger partial charge is 0.457 e. The van der Waals surface area contributed by atoms with Crippen LogP contribution in [0.4, 0.5) is 0 Å². The van der Waals surface area contributed by atoms with Crippen LogP contribution in [0.25, 0.3) is 0 Å². The molecule has 4 unspecified atom stereocenters. The van der Waals surface area contributed by atoms with Gasteiger partial charge in [0.15, 0.2) is 12.2 Å². The molecule has 7 heteroatoms. The molecule has 0 radical (unpaired) electrons. The van der Waals surface area contributed by atoms with E-state index in [-0.39, 0.29) is 12.1 Å². The minimum atomic E-state index is -1.14. The summed E-state index contributed by atoms with van der Waals surface area (Å²) in [4.78, 5) is 11.2. The van der Waals surface area contributed by atoms with Crippen molar-refractivity contribution in [1.29, 1.82) is 0 Å². The second-order valence-electron chi connectivity index (χ2n) is 4.85. The Morgan fingerprint density at radius 3 is 2.68 bits per heavy atom. The third-order valence-electron chi connectivity index (χ3n) is 3.58. The summed E-state index contributed by atoms with van der Waals surface area (Å²) >= 11 is 0. The van der Waals surface area contributed by atoms with Crippen molar-refractivity contribution in [3.05, 3.63) is 0 Å². The fraction of sp³-hybridized carbons (Fsp3) is 0.917. The lowest BCUT2D eigenvalue weighted by atomic mass is 10.0. The average Bonchev–Trinajstić information content (AvgIpc) is 2.96. The predicted octanol–water partition coefficient (Wildman–Crippen LogP) is -0.179. The molecule has 0 aromatic carbocycles. The molecular weight excluding hydrogens is 256 g/mol. The monoisotopic (exact) mass is 274 g/mol. The van der Waals surface area contributed by atoms with Crippen LogP contribution in [-0.4, -0.2) is 63.3 Å². The van der Waals surface area contributed by atoms with Crippen molar-refractivity contribution in [2.75, 3.05) is 26.9 Å². The quantitative estimate of drug-likeness (QED) is 0.661. The molecule has 3 saturated heterocycles. The standard InChI is InChI=1S/C12H18O7/c1-7(13)18-9-8-6-17-12(19-8,10(9)14-2)11-15-4-3-5-16-11/h8-11H,3-6H2,1-2H3. The molecule has 3 fully saturated rings. The lowest BCUT2D eigenvalue weighted by molar-refractivity contribution is -0.349. The minimum Gasteiger partial charge on any atom is -0.457 e. The number of rotatable bonds is 3. The van der Waals surface area contributed by atoms with Crippen LogP contribution < -0.4 is 0 Å². The van der Waals surface area contributed by atoms with E-state index in [4.69, 9.17) is 28.4 Å². The topological polar surface area (TPSA) is 72.5 Å². The van der Waals surface area contributed by atoms with Crippen LogP contribution in [0.3, 0.4) is 0 Å². The zero-order valence-electron chi connectivity index (χ0n) is 11.0. The summed E-state index contributed by atoms with van der Waals surface area (Å²) in [6.45, 7) is 2.86. The molecule has 3 aliphatic heterocycles. The highest BCUT2D eigenvalue weighted by molar-refractivity contribution is 5.66.